The van der Waals surface area contributed by atoms with Gasteiger partial charge in [0, 0.05) is 25.6 Å². The van der Waals surface area contributed by atoms with E-state index in [4.69, 9.17) is 4.74 Å². The van der Waals surface area contributed by atoms with E-state index in [0.717, 1.165) is 26.1 Å². The van der Waals surface area contributed by atoms with Crippen LogP contribution in [0.3, 0.4) is 0 Å². The number of ether oxygens (including phenoxy) is 1. The van der Waals surface area contributed by atoms with Crippen LogP contribution in [0, 0.1) is 11.8 Å². The maximum Gasteiger partial charge on any atom is 0.249 e. The molecule has 1 amide bonds. The van der Waals surface area contributed by atoms with Crippen LogP contribution in [0.15, 0.2) is 48.5 Å². The normalized spacial score (nSPS) is 26.6. The zero-order valence-electron chi connectivity index (χ0n) is 20.4. The Kier molecular flexibility index (Phi) is 7.10. The molecule has 0 aromatic heterocycles. The molecule has 0 saturated carbocycles. The summed E-state index contributed by atoms with van der Waals surface area (Å²) in [5.41, 5.74) is 3.63. The first-order valence-corrected chi connectivity index (χ1v) is 12.3. The highest BCUT2D eigenvalue weighted by Gasteiger charge is 2.39. The quantitative estimate of drug-likeness (QED) is 0.690. The van der Waals surface area contributed by atoms with Gasteiger partial charge >= 0.3 is 0 Å². The number of aromatic hydroxyl groups is 1. The zero-order chi connectivity index (χ0) is 23.6. The van der Waals surface area contributed by atoms with E-state index in [-0.39, 0.29) is 17.4 Å². The van der Waals surface area contributed by atoms with E-state index in [1.54, 1.807) is 6.07 Å². The van der Waals surface area contributed by atoms with Crippen molar-refractivity contribution in [3.63, 3.8) is 0 Å². The first kappa shape index (κ1) is 23.8. The molecule has 33 heavy (non-hydrogen) atoms. The summed E-state index contributed by atoms with van der Waals surface area (Å²) in [4.78, 5) is 15.6. The van der Waals surface area contributed by atoms with Gasteiger partial charge in [0.1, 0.15) is 11.9 Å². The van der Waals surface area contributed by atoms with Gasteiger partial charge in [0.2, 0.25) is 5.91 Å². The van der Waals surface area contributed by atoms with Gasteiger partial charge < -0.3 is 20.1 Å². The van der Waals surface area contributed by atoms with Crippen LogP contribution in [-0.4, -0.2) is 47.7 Å². The third kappa shape index (κ3) is 5.25. The van der Waals surface area contributed by atoms with Crippen LogP contribution in [0.2, 0.25) is 0 Å². The summed E-state index contributed by atoms with van der Waals surface area (Å²) < 4.78 is 5.89. The van der Waals surface area contributed by atoms with E-state index in [0.29, 0.717) is 30.6 Å². The minimum atomic E-state index is -0.421. The number of piperidine rings is 1. The van der Waals surface area contributed by atoms with E-state index in [1.165, 1.54) is 16.7 Å². The third-order valence-corrected chi connectivity index (χ3v) is 7.92. The summed E-state index contributed by atoms with van der Waals surface area (Å²) in [6.07, 6.45) is 1.24. The molecule has 0 bridgehead atoms. The number of carbonyl (C=O) groups excluding carboxylic acids is 1. The topological polar surface area (TPSA) is 61.8 Å². The van der Waals surface area contributed by atoms with Gasteiger partial charge in [0.25, 0.3) is 0 Å². The van der Waals surface area contributed by atoms with Crippen molar-refractivity contribution in [1.29, 1.82) is 0 Å². The van der Waals surface area contributed by atoms with Crippen molar-refractivity contribution in [2.45, 2.75) is 64.7 Å². The fourth-order valence-corrected chi connectivity index (χ4v) is 5.26. The summed E-state index contributed by atoms with van der Waals surface area (Å²) in [5, 5.41) is 13.3. The molecule has 1 saturated heterocycles. The van der Waals surface area contributed by atoms with E-state index in [1.807, 2.05) is 24.3 Å². The van der Waals surface area contributed by atoms with Crippen molar-refractivity contribution in [1.82, 2.24) is 10.2 Å². The Labute approximate surface area is 198 Å². The smallest absolute Gasteiger partial charge is 0.249 e. The Morgan fingerprint density at radius 1 is 1.21 bits per heavy atom. The summed E-state index contributed by atoms with van der Waals surface area (Å²) in [5.74, 6) is 1.10. The van der Waals surface area contributed by atoms with Crippen molar-refractivity contribution in [3.05, 3.63) is 65.2 Å². The van der Waals surface area contributed by atoms with Crippen LogP contribution in [0.5, 0.6) is 5.75 Å². The predicted octanol–water partition coefficient (Wildman–Crippen LogP) is 4.27. The molecule has 5 heteroatoms. The number of phenolic OH excluding ortho intramolecular Hbond substituents is 1. The van der Waals surface area contributed by atoms with Crippen molar-refractivity contribution in [3.8, 4) is 5.75 Å². The molecule has 2 aromatic carbocycles. The Hall–Kier alpha value is -2.37. The number of hydrogen-bond acceptors (Lipinski definition) is 4. The standard InChI is InChI=1S/C28H38N2O3/c1-19(2)25(29-27(32)26-14-21-8-5-6-9-22(21)18-33-26)17-30-13-12-28(4,20(3)16-30)23-10-7-11-24(31)15-23/h5-11,15,19-20,25-26,31H,12-14,16-18H2,1-4H3,(H,29,32)/t20-,25+,26+,28+/m0/s1. The molecule has 2 heterocycles. The van der Waals surface area contributed by atoms with E-state index < -0.39 is 6.10 Å². The number of fused-ring (bicyclic) bond motifs is 1. The number of carbonyl (C=O) groups is 1. The van der Waals surface area contributed by atoms with Gasteiger partial charge in [0.15, 0.2) is 0 Å². The predicted molar refractivity (Wildman–Crippen MR) is 131 cm³/mol. The van der Waals surface area contributed by atoms with Gasteiger partial charge in [-0.25, -0.2) is 0 Å². The van der Waals surface area contributed by atoms with Crippen LogP contribution in [-0.2, 0) is 28.0 Å². The van der Waals surface area contributed by atoms with Crippen molar-refractivity contribution >= 4 is 5.91 Å². The number of amides is 1. The second-order valence-electron chi connectivity index (χ2n) is 10.5. The molecule has 0 radical (unpaired) electrons. The van der Waals surface area contributed by atoms with Gasteiger partial charge in [-0.05, 0) is 59.0 Å². The summed E-state index contributed by atoms with van der Waals surface area (Å²) >= 11 is 0. The molecular weight excluding hydrogens is 412 g/mol. The second-order valence-corrected chi connectivity index (χ2v) is 10.5. The van der Waals surface area contributed by atoms with Crippen molar-refractivity contribution in [2.24, 2.45) is 11.8 Å². The minimum absolute atomic E-state index is 0.00198. The maximum absolute atomic E-state index is 13.1. The highest BCUT2D eigenvalue weighted by Crippen LogP contribution is 2.40. The van der Waals surface area contributed by atoms with Crippen LogP contribution < -0.4 is 5.32 Å². The molecule has 178 valence electrons. The molecule has 2 N–H and O–H groups in total. The number of rotatable bonds is 6. The van der Waals surface area contributed by atoms with Crippen LogP contribution in [0.25, 0.3) is 0 Å². The maximum atomic E-state index is 13.1. The van der Waals surface area contributed by atoms with Crippen LogP contribution in [0.1, 0.15) is 50.8 Å². The molecule has 2 aromatic rings. The van der Waals surface area contributed by atoms with Gasteiger partial charge in [-0.1, -0.05) is 64.1 Å². The van der Waals surface area contributed by atoms with Gasteiger partial charge in [-0.2, -0.15) is 0 Å². The molecule has 2 aliphatic rings. The first-order valence-electron chi connectivity index (χ1n) is 12.3. The third-order valence-electron chi connectivity index (χ3n) is 7.92. The monoisotopic (exact) mass is 450 g/mol. The highest BCUT2D eigenvalue weighted by atomic mass is 16.5. The van der Waals surface area contributed by atoms with E-state index in [2.05, 4.69) is 56.1 Å². The van der Waals surface area contributed by atoms with E-state index in [9.17, 15) is 9.90 Å². The molecule has 0 unspecified atom stereocenters. The van der Waals surface area contributed by atoms with Crippen LogP contribution in [0.4, 0.5) is 0 Å². The van der Waals surface area contributed by atoms with Crippen molar-refractivity contribution in [2.75, 3.05) is 19.6 Å². The lowest BCUT2D eigenvalue weighted by molar-refractivity contribution is -0.135. The van der Waals surface area contributed by atoms with Gasteiger partial charge in [0.05, 0.1) is 6.61 Å². The number of phenols is 1. The molecule has 0 aliphatic carbocycles. The number of nitrogens with one attached hydrogen (secondary N) is 1. The molecule has 0 spiro atoms. The molecular formula is C28H38N2O3. The Morgan fingerprint density at radius 2 is 1.97 bits per heavy atom. The average Bonchev–Trinajstić information content (AvgIpc) is 2.80. The SMILES string of the molecule is CC(C)[C@@H](CN1CC[C@@](C)(c2cccc(O)c2)[C@@H](C)C1)NC(=O)[C@H]1Cc2ccccc2CO1. The molecule has 1 fully saturated rings. The lowest BCUT2D eigenvalue weighted by Crippen LogP contribution is -2.54. The highest BCUT2D eigenvalue weighted by molar-refractivity contribution is 5.81. The fraction of sp³-hybridized carbons (Fsp3) is 0.536. The van der Waals surface area contributed by atoms with Crippen LogP contribution >= 0.6 is 0 Å². The Morgan fingerprint density at radius 3 is 2.67 bits per heavy atom. The van der Waals surface area contributed by atoms with Gasteiger partial charge in [-0.3, -0.25) is 4.79 Å². The molecule has 2 aliphatic heterocycles. The Bertz CT molecular complexity index is 975. The average molecular weight is 451 g/mol. The lowest BCUT2D eigenvalue weighted by Gasteiger charge is -2.46. The van der Waals surface area contributed by atoms with Gasteiger partial charge in [-0.15, -0.1) is 0 Å². The summed E-state index contributed by atoms with van der Waals surface area (Å²) in [6.45, 7) is 12.2. The summed E-state index contributed by atoms with van der Waals surface area (Å²) in [7, 11) is 0. The van der Waals surface area contributed by atoms with E-state index >= 15 is 0 Å². The second kappa shape index (κ2) is 9.86. The number of nitrogens with zero attached hydrogens (tertiary/aromatic N) is 1. The molecule has 4 atom stereocenters. The lowest BCUT2D eigenvalue weighted by atomic mass is 9.68. The Balaban J connectivity index is 1.36. The minimum Gasteiger partial charge on any atom is -0.508 e. The first-order chi connectivity index (χ1) is 15.8. The molecule has 4 rings (SSSR count). The number of hydrogen-bond donors (Lipinski definition) is 2. The number of benzene rings is 2. The summed E-state index contributed by atoms with van der Waals surface area (Å²) in [6, 6.07) is 16.0. The van der Waals surface area contributed by atoms with Crippen molar-refractivity contribution < 1.29 is 14.6 Å². The number of likely N-dealkylation sites (tertiary alicyclic amines) is 1. The zero-order valence-corrected chi connectivity index (χ0v) is 20.4. The fourth-order valence-electron chi connectivity index (χ4n) is 5.26. The largest absolute Gasteiger partial charge is 0.508 e. The molecule has 5 nitrogen and oxygen atoms in total.